The van der Waals surface area contributed by atoms with Crippen molar-refractivity contribution < 1.29 is 4.39 Å². The van der Waals surface area contributed by atoms with Gasteiger partial charge in [-0.3, -0.25) is 0 Å². The van der Waals surface area contributed by atoms with Crippen LogP contribution >= 0.6 is 32.9 Å². The van der Waals surface area contributed by atoms with E-state index in [4.69, 9.17) is 12.2 Å². The molecule has 3 aromatic rings. The van der Waals surface area contributed by atoms with Crippen molar-refractivity contribution in [1.29, 1.82) is 0 Å². The van der Waals surface area contributed by atoms with Crippen LogP contribution in [-0.4, -0.2) is 0 Å². The lowest BCUT2D eigenvalue weighted by molar-refractivity contribution is 0.631. The van der Waals surface area contributed by atoms with Crippen LogP contribution < -0.4 is 0 Å². The lowest BCUT2D eigenvalue weighted by Gasteiger charge is -2.05. The summed E-state index contributed by atoms with van der Waals surface area (Å²) in [4.78, 5) is 1.05. The number of halogens is 1. The van der Waals surface area contributed by atoms with Crippen molar-refractivity contribution in [3.8, 4) is 21.6 Å². The van der Waals surface area contributed by atoms with E-state index in [9.17, 15) is 4.39 Å². The first kappa shape index (κ1) is 13.6. The van der Waals surface area contributed by atoms with Gasteiger partial charge in [-0.1, -0.05) is 80.9 Å². The minimum absolute atomic E-state index is 0.224. The first-order chi connectivity index (χ1) is 9.66. The van der Waals surface area contributed by atoms with E-state index in [-0.39, 0.29) is 5.82 Å². The molecular formula is C16H11FS3. The topological polar surface area (TPSA) is 0 Å². The van der Waals surface area contributed by atoms with Gasteiger partial charge in [0.05, 0.1) is 4.88 Å². The molecule has 20 heavy (non-hydrogen) atoms. The third kappa shape index (κ3) is 2.46. The van der Waals surface area contributed by atoms with Crippen LogP contribution in [0.4, 0.5) is 4.39 Å². The third-order valence-corrected chi connectivity index (χ3v) is 6.15. The highest BCUT2D eigenvalue weighted by Crippen LogP contribution is 2.41. The van der Waals surface area contributed by atoms with E-state index in [1.165, 1.54) is 22.0 Å². The lowest BCUT2D eigenvalue weighted by Crippen LogP contribution is -1.85. The van der Waals surface area contributed by atoms with Crippen molar-refractivity contribution in [1.82, 2.24) is 0 Å². The molecule has 0 saturated carbocycles. The monoisotopic (exact) mass is 318 g/mol. The number of rotatable bonds is 2. The Morgan fingerprint density at radius 2 is 1.65 bits per heavy atom. The van der Waals surface area contributed by atoms with Crippen LogP contribution in [0.25, 0.3) is 21.6 Å². The second-order valence-corrected chi connectivity index (χ2v) is 7.32. The summed E-state index contributed by atoms with van der Waals surface area (Å²) in [5.41, 5.74) is 3.73. The molecule has 0 radical (unpaired) electrons. The minimum atomic E-state index is -0.224. The van der Waals surface area contributed by atoms with Crippen LogP contribution in [0.15, 0.2) is 48.5 Å². The van der Waals surface area contributed by atoms with Crippen molar-refractivity contribution >= 4 is 32.9 Å². The van der Waals surface area contributed by atoms with E-state index in [1.54, 1.807) is 22.5 Å². The summed E-state index contributed by atoms with van der Waals surface area (Å²) < 4.78 is 14.8. The average molecular weight is 318 g/mol. The summed E-state index contributed by atoms with van der Waals surface area (Å²) in [5, 5.41) is 0. The molecule has 0 unspecified atom stereocenters. The van der Waals surface area contributed by atoms with Crippen LogP contribution in [0.2, 0.25) is 0 Å². The quantitative estimate of drug-likeness (QED) is 0.393. The highest BCUT2D eigenvalue weighted by atomic mass is 32.9. The molecule has 1 heterocycles. The zero-order valence-corrected chi connectivity index (χ0v) is 13.2. The molecule has 0 saturated heterocycles. The van der Waals surface area contributed by atoms with Gasteiger partial charge in [0.1, 0.15) is 9.64 Å². The maximum Gasteiger partial charge on any atom is 0.131 e. The molecule has 0 nitrogen and oxygen atoms in total. The van der Waals surface area contributed by atoms with Gasteiger partial charge in [-0.05, 0) is 18.6 Å². The van der Waals surface area contributed by atoms with Gasteiger partial charge in [-0.25, -0.2) is 4.39 Å². The Hall–Kier alpha value is -1.36. The highest BCUT2D eigenvalue weighted by molar-refractivity contribution is 7.80. The van der Waals surface area contributed by atoms with Crippen LogP contribution in [0.5, 0.6) is 0 Å². The van der Waals surface area contributed by atoms with Gasteiger partial charge in [0.2, 0.25) is 0 Å². The van der Waals surface area contributed by atoms with Gasteiger partial charge < -0.3 is 0 Å². The largest absolute Gasteiger partial charge is 0.206 e. The van der Waals surface area contributed by atoms with Crippen LogP contribution in [0, 0.1) is 16.6 Å². The lowest BCUT2D eigenvalue weighted by atomic mass is 10.0. The van der Waals surface area contributed by atoms with Crippen molar-refractivity contribution in [2.45, 2.75) is 6.92 Å². The average Bonchev–Trinajstić information content (AvgIpc) is 2.82. The Kier molecular flexibility index (Phi) is 3.78. The number of hydrogen-bond acceptors (Lipinski definition) is 3. The molecule has 4 heteroatoms. The summed E-state index contributed by atoms with van der Waals surface area (Å²) in [6, 6.07) is 15.1. The highest BCUT2D eigenvalue weighted by Gasteiger charge is 2.15. The van der Waals surface area contributed by atoms with Crippen molar-refractivity contribution in [3.63, 3.8) is 0 Å². The first-order valence-electron chi connectivity index (χ1n) is 6.12. The normalized spacial score (nSPS) is 10.7. The van der Waals surface area contributed by atoms with Crippen molar-refractivity contribution in [2.24, 2.45) is 0 Å². The van der Waals surface area contributed by atoms with E-state index in [1.807, 2.05) is 6.07 Å². The molecule has 2 aromatic carbocycles. The Morgan fingerprint density at radius 1 is 0.950 bits per heavy atom. The van der Waals surface area contributed by atoms with Gasteiger partial charge in [0, 0.05) is 11.1 Å². The van der Waals surface area contributed by atoms with E-state index < -0.39 is 0 Å². The summed E-state index contributed by atoms with van der Waals surface area (Å²) in [5.74, 6) is -0.224. The van der Waals surface area contributed by atoms with Gasteiger partial charge in [-0.15, -0.1) is 0 Å². The Balaban J connectivity index is 2.23. The molecule has 0 bridgehead atoms. The molecule has 0 aliphatic heterocycles. The van der Waals surface area contributed by atoms with Gasteiger partial charge in [0.25, 0.3) is 0 Å². The first-order valence-corrected chi connectivity index (χ1v) is 8.67. The Morgan fingerprint density at radius 3 is 2.35 bits per heavy atom. The fraction of sp³-hybridized carbons (Fsp3) is 0.0625. The standard InChI is InChI=1S/C16H11FS3/c1-10-6-8-11(9-7-10)15-14(16(18)20-19-15)12-4-2-3-5-13(12)17/h2-9H,1H3. The second-order valence-electron chi connectivity index (χ2n) is 4.50. The SMILES string of the molecule is Cc1ccc(-c2ssc(=S)c2-c2ccccc2F)cc1. The summed E-state index contributed by atoms with van der Waals surface area (Å²) in [6.45, 7) is 2.05. The Labute approximate surface area is 129 Å². The van der Waals surface area contributed by atoms with E-state index in [0.717, 1.165) is 19.8 Å². The van der Waals surface area contributed by atoms with E-state index in [0.29, 0.717) is 5.56 Å². The number of hydrogen-bond donors (Lipinski definition) is 0. The molecule has 3 rings (SSSR count). The Bertz CT molecular complexity index is 797. The molecule has 0 amide bonds. The number of benzene rings is 2. The number of aryl methyl sites for hydroxylation is 1. The van der Waals surface area contributed by atoms with Crippen LogP contribution in [0.3, 0.4) is 0 Å². The minimum Gasteiger partial charge on any atom is -0.206 e. The summed E-state index contributed by atoms with van der Waals surface area (Å²) in [6.07, 6.45) is 0. The predicted molar refractivity (Wildman–Crippen MR) is 88.6 cm³/mol. The molecule has 1 aromatic heterocycles. The maximum atomic E-state index is 14.1. The van der Waals surface area contributed by atoms with Crippen molar-refractivity contribution in [2.75, 3.05) is 0 Å². The fourth-order valence-corrected chi connectivity index (χ4v) is 4.94. The molecule has 0 aliphatic carbocycles. The fourth-order valence-electron chi connectivity index (χ4n) is 2.05. The molecule has 0 atom stereocenters. The predicted octanol–water partition coefficient (Wildman–Crippen LogP) is 6.32. The molecular weight excluding hydrogens is 307 g/mol. The molecule has 0 spiro atoms. The van der Waals surface area contributed by atoms with Crippen LogP contribution in [-0.2, 0) is 0 Å². The molecule has 100 valence electrons. The van der Waals surface area contributed by atoms with E-state index >= 15 is 0 Å². The molecule has 0 aliphatic rings. The summed E-state index contributed by atoms with van der Waals surface area (Å²) in [7, 11) is 3.13. The third-order valence-electron chi connectivity index (χ3n) is 3.09. The zero-order chi connectivity index (χ0) is 14.1. The van der Waals surface area contributed by atoms with Crippen LogP contribution in [0.1, 0.15) is 5.56 Å². The second kappa shape index (κ2) is 5.56. The van der Waals surface area contributed by atoms with Gasteiger partial charge in [0.15, 0.2) is 0 Å². The molecule has 0 fully saturated rings. The smallest absolute Gasteiger partial charge is 0.131 e. The molecule has 0 N–H and O–H groups in total. The van der Waals surface area contributed by atoms with Gasteiger partial charge in [-0.2, -0.15) is 0 Å². The van der Waals surface area contributed by atoms with Crippen molar-refractivity contribution in [3.05, 3.63) is 63.7 Å². The van der Waals surface area contributed by atoms with Gasteiger partial charge >= 0.3 is 0 Å². The maximum absolute atomic E-state index is 14.1. The summed E-state index contributed by atoms with van der Waals surface area (Å²) >= 11 is 5.40. The van der Waals surface area contributed by atoms with E-state index in [2.05, 4.69) is 31.2 Å². The zero-order valence-electron chi connectivity index (χ0n) is 10.7.